The smallest absolute Gasteiger partial charge is 0.246 e. The Bertz CT molecular complexity index is 680. The van der Waals surface area contributed by atoms with Crippen molar-refractivity contribution in [3.05, 3.63) is 70.2 Å². The van der Waals surface area contributed by atoms with Crippen molar-refractivity contribution in [1.29, 1.82) is 0 Å². The Labute approximate surface area is 145 Å². The third-order valence-corrected chi connectivity index (χ3v) is 4.06. The van der Waals surface area contributed by atoms with Gasteiger partial charge in [0.25, 0.3) is 0 Å². The van der Waals surface area contributed by atoms with Crippen LogP contribution in [-0.2, 0) is 11.3 Å². The van der Waals surface area contributed by atoms with Gasteiger partial charge in [-0.2, -0.15) is 0 Å². The molecular formula is C19H20BrNO2. The highest BCUT2D eigenvalue weighted by Crippen LogP contribution is 2.17. The van der Waals surface area contributed by atoms with Gasteiger partial charge in [0.05, 0.1) is 6.61 Å². The SMILES string of the molecule is CCOc1ccc(CN(C)C(=O)/C=C/c2ccccc2Br)cc1. The van der Waals surface area contributed by atoms with E-state index in [-0.39, 0.29) is 5.91 Å². The molecule has 2 rings (SSSR count). The van der Waals surface area contributed by atoms with E-state index < -0.39 is 0 Å². The van der Waals surface area contributed by atoms with Crippen LogP contribution in [0.1, 0.15) is 18.1 Å². The number of likely N-dealkylation sites (N-methyl/N-ethyl adjacent to an activating group) is 1. The molecule has 0 aromatic heterocycles. The number of ether oxygens (including phenoxy) is 1. The second-order valence-corrected chi connectivity index (χ2v) is 5.98. The van der Waals surface area contributed by atoms with Gasteiger partial charge in [0.2, 0.25) is 5.91 Å². The van der Waals surface area contributed by atoms with Crippen LogP contribution in [0.5, 0.6) is 5.75 Å². The number of rotatable bonds is 6. The number of carbonyl (C=O) groups is 1. The van der Waals surface area contributed by atoms with Gasteiger partial charge in [-0.3, -0.25) is 4.79 Å². The van der Waals surface area contributed by atoms with Crippen LogP contribution in [0.4, 0.5) is 0 Å². The van der Waals surface area contributed by atoms with Gasteiger partial charge >= 0.3 is 0 Å². The monoisotopic (exact) mass is 373 g/mol. The average Bonchev–Trinajstić information content (AvgIpc) is 2.56. The lowest BCUT2D eigenvalue weighted by Gasteiger charge is -2.15. The number of carbonyl (C=O) groups excluding carboxylic acids is 1. The summed E-state index contributed by atoms with van der Waals surface area (Å²) in [4.78, 5) is 13.9. The second-order valence-electron chi connectivity index (χ2n) is 5.13. The summed E-state index contributed by atoms with van der Waals surface area (Å²) in [5, 5.41) is 0. The van der Waals surface area contributed by atoms with Crippen LogP contribution in [0.25, 0.3) is 6.08 Å². The molecule has 0 aliphatic rings. The molecule has 0 aliphatic carbocycles. The van der Waals surface area contributed by atoms with E-state index in [1.54, 1.807) is 18.0 Å². The van der Waals surface area contributed by atoms with Crippen molar-refractivity contribution in [2.75, 3.05) is 13.7 Å². The van der Waals surface area contributed by atoms with Gasteiger partial charge in [0.15, 0.2) is 0 Å². The summed E-state index contributed by atoms with van der Waals surface area (Å²) in [5.74, 6) is 0.814. The van der Waals surface area contributed by atoms with Gasteiger partial charge in [-0.25, -0.2) is 0 Å². The van der Waals surface area contributed by atoms with Crippen LogP contribution in [0.15, 0.2) is 59.1 Å². The Morgan fingerprint density at radius 3 is 2.52 bits per heavy atom. The van der Waals surface area contributed by atoms with Crippen LogP contribution in [-0.4, -0.2) is 24.5 Å². The number of benzene rings is 2. The average molecular weight is 374 g/mol. The van der Waals surface area contributed by atoms with Crippen molar-refractivity contribution in [2.45, 2.75) is 13.5 Å². The van der Waals surface area contributed by atoms with E-state index in [9.17, 15) is 4.79 Å². The van der Waals surface area contributed by atoms with Crippen molar-refractivity contribution < 1.29 is 9.53 Å². The summed E-state index contributed by atoms with van der Waals surface area (Å²) >= 11 is 3.47. The van der Waals surface area contributed by atoms with Crippen molar-refractivity contribution in [2.24, 2.45) is 0 Å². The molecular weight excluding hydrogens is 354 g/mol. The minimum atomic E-state index is -0.0327. The lowest BCUT2D eigenvalue weighted by Crippen LogP contribution is -2.24. The van der Waals surface area contributed by atoms with E-state index in [1.807, 2.05) is 61.5 Å². The topological polar surface area (TPSA) is 29.5 Å². The molecule has 0 heterocycles. The van der Waals surface area contributed by atoms with Gasteiger partial charge in [-0.15, -0.1) is 0 Å². The maximum atomic E-state index is 12.2. The van der Waals surface area contributed by atoms with Crippen LogP contribution in [0.2, 0.25) is 0 Å². The van der Waals surface area contributed by atoms with Crippen molar-refractivity contribution in [3.8, 4) is 5.75 Å². The largest absolute Gasteiger partial charge is 0.494 e. The molecule has 0 saturated heterocycles. The number of hydrogen-bond donors (Lipinski definition) is 0. The zero-order chi connectivity index (χ0) is 16.7. The molecule has 0 unspecified atom stereocenters. The fourth-order valence-electron chi connectivity index (χ4n) is 2.11. The predicted molar refractivity (Wildman–Crippen MR) is 97.3 cm³/mol. The third kappa shape index (κ3) is 5.25. The Kier molecular flexibility index (Phi) is 6.41. The molecule has 2 aromatic carbocycles. The molecule has 0 bridgehead atoms. The number of nitrogens with zero attached hydrogens (tertiary/aromatic N) is 1. The Hall–Kier alpha value is -2.07. The van der Waals surface area contributed by atoms with Gasteiger partial charge in [-0.1, -0.05) is 46.3 Å². The van der Waals surface area contributed by atoms with Crippen molar-refractivity contribution >= 4 is 27.9 Å². The molecule has 3 nitrogen and oxygen atoms in total. The standard InChI is InChI=1S/C19H20BrNO2/c1-3-23-17-11-8-15(9-12-17)14-21(2)19(22)13-10-16-6-4-5-7-18(16)20/h4-13H,3,14H2,1-2H3/b13-10+. The van der Waals surface area contributed by atoms with Gasteiger partial charge in [-0.05, 0) is 42.3 Å². The van der Waals surface area contributed by atoms with E-state index in [0.29, 0.717) is 13.2 Å². The van der Waals surface area contributed by atoms with E-state index in [0.717, 1.165) is 21.3 Å². The fraction of sp³-hybridized carbons (Fsp3) is 0.211. The van der Waals surface area contributed by atoms with Crippen LogP contribution >= 0.6 is 15.9 Å². The fourth-order valence-corrected chi connectivity index (χ4v) is 2.53. The van der Waals surface area contributed by atoms with Crippen LogP contribution in [0, 0.1) is 0 Å². The van der Waals surface area contributed by atoms with E-state index in [1.165, 1.54) is 0 Å². The maximum Gasteiger partial charge on any atom is 0.246 e. The highest BCUT2D eigenvalue weighted by Gasteiger charge is 2.06. The Morgan fingerprint density at radius 1 is 1.17 bits per heavy atom. The highest BCUT2D eigenvalue weighted by molar-refractivity contribution is 9.10. The molecule has 0 saturated carbocycles. The Balaban J connectivity index is 1.95. The number of halogens is 1. The van der Waals surface area contributed by atoms with E-state index in [4.69, 9.17) is 4.74 Å². The molecule has 23 heavy (non-hydrogen) atoms. The summed E-state index contributed by atoms with van der Waals surface area (Å²) < 4.78 is 6.39. The van der Waals surface area contributed by atoms with Gasteiger partial charge in [0.1, 0.15) is 5.75 Å². The zero-order valence-corrected chi connectivity index (χ0v) is 14.9. The first-order chi connectivity index (χ1) is 11.1. The summed E-state index contributed by atoms with van der Waals surface area (Å²) in [6, 6.07) is 15.6. The lowest BCUT2D eigenvalue weighted by atomic mass is 10.2. The Morgan fingerprint density at radius 2 is 1.87 bits per heavy atom. The predicted octanol–water partition coefficient (Wildman–Crippen LogP) is 4.52. The zero-order valence-electron chi connectivity index (χ0n) is 13.3. The molecule has 2 aromatic rings. The molecule has 0 radical (unpaired) electrons. The minimum absolute atomic E-state index is 0.0327. The molecule has 0 aliphatic heterocycles. The summed E-state index contributed by atoms with van der Waals surface area (Å²) in [6.45, 7) is 3.17. The first kappa shape index (κ1) is 17.3. The third-order valence-electron chi connectivity index (χ3n) is 3.34. The van der Waals surface area contributed by atoms with E-state index >= 15 is 0 Å². The summed E-state index contributed by atoms with van der Waals surface area (Å²) in [6.07, 6.45) is 3.41. The van der Waals surface area contributed by atoms with Crippen molar-refractivity contribution in [1.82, 2.24) is 4.90 Å². The molecule has 120 valence electrons. The first-order valence-corrected chi connectivity index (χ1v) is 8.29. The van der Waals surface area contributed by atoms with Gasteiger partial charge in [0, 0.05) is 24.1 Å². The lowest BCUT2D eigenvalue weighted by molar-refractivity contribution is -0.125. The molecule has 0 N–H and O–H groups in total. The molecule has 1 amide bonds. The maximum absolute atomic E-state index is 12.2. The van der Waals surface area contributed by atoms with Crippen LogP contribution in [0.3, 0.4) is 0 Å². The van der Waals surface area contributed by atoms with Crippen molar-refractivity contribution in [3.63, 3.8) is 0 Å². The number of amides is 1. The number of hydrogen-bond acceptors (Lipinski definition) is 2. The normalized spacial score (nSPS) is 10.7. The molecule has 0 spiro atoms. The molecule has 0 fully saturated rings. The highest BCUT2D eigenvalue weighted by atomic mass is 79.9. The molecule has 0 atom stereocenters. The minimum Gasteiger partial charge on any atom is -0.494 e. The van der Waals surface area contributed by atoms with E-state index in [2.05, 4.69) is 15.9 Å². The summed E-state index contributed by atoms with van der Waals surface area (Å²) in [5.41, 5.74) is 2.05. The quantitative estimate of drug-likeness (QED) is 0.696. The molecule has 4 heteroatoms. The van der Waals surface area contributed by atoms with Gasteiger partial charge < -0.3 is 9.64 Å². The van der Waals surface area contributed by atoms with Crippen LogP contribution < -0.4 is 4.74 Å². The summed E-state index contributed by atoms with van der Waals surface area (Å²) in [7, 11) is 1.79. The second kappa shape index (κ2) is 8.53. The first-order valence-electron chi connectivity index (χ1n) is 7.49.